The van der Waals surface area contributed by atoms with E-state index in [1.807, 2.05) is 11.3 Å². The third kappa shape index (κ3) is 3.81. The molecule has 0 aliphatic carbocycles. The van der Waals surface area contributed by atoms with Crippen LogP contribution in [-0.4, -0.2) is 25.0 Å². The van der Waals surface area contributed by atoms with E-state index in [0.29, 0.717) is 5.92 Å². The van der Waals surface area contributed by atoms with Crippen molar-refractivity contribution in [3.05, 3.63) is 34.7 Å². The lowest BCUT2D eigenvalue weighted by molar-refractivity contribution is 0.289. The Hall–Kier alpha value is -0.900. The zero-order valence-corrected chi connectivity index (χ0v) is 13.9. The third-order valence-electron chi connectivity index (χ3n) is 3.42. The maximum absolute atomic E-state index is 3.47. The summed E-state index contributed by atoms with van der Waals surface area (Å²) in [6, 6.07) is 8.79. The van der Waals surface area contributed by atoms with Crippen LogP contribution in [-0.2, 0) is 13.1 Å². The molecular formula is C17H26N2S. The average Bonchev–Trinajstić information content (AvgIpc) is 2.74. The zero-order valence-electron chi connectivity index (χ0n) is 13.1. The van der Waals surface area contributed by atoms with Gasteiger partial charge in [-0.15, -0.1) is 11.3 Å². The topological polar surface area (TPSA) is 15.3 Å². The number of hydrogen-bond donors (Lipinski definition) is 1. The summed E-state index contributed by atoms with van der Waals surface area (Å²) < 4.78 is 1.41. The van der Waals surface area contributed by atoms with Gasteiger partial charge < -0.3 is 10.2 Å². The maximum Gasteiger partial charge on any atom is 0.0349 e. The van der Waals surface area contributed by atoms with Crippen LogP contribution in [0.5, 0.6) is 0 Å². The van der Waals surface area contributed by atoms with Crippen LogP contribution in [0, 0.1) is 5.92 Å². The molecule has 0 bridgehead atoms. The van der Waals surface area contributed by atoms with Crippen molar-refractivity contribution in [2.75, 3.05) is 20.1 Å². The molecular weight excluding hydrogens is 264 g/mol. The quantitative estimate of drug-likeness (QED) is 0.826. The number of benzene rings is 1. The number of nitrogens with one attached hydrogen (secondary N) is 1. The van der Waals surface area contributed by atoms with E-state index in [0.717, 1.165) is 26.2 Å². The van der Waals surface area contributed by atoms with Crippen LogP contribution in [0.25, 0.3) is 10.1 Å². The van der Waals surface area contributed by atoms with E-state index in [4.69, 9.17) is 0 Å². The van der Waals surface area contributed by atoms with Gasteiger partial charge in [-0.05, 0) is 36.5 Å². The van der Waals surface area contributed by atoms with Crippen molar-refractivity contribution in [3.63, 3.8) is 0 Å². The largest absolute Gasteiger partial charge is 0.312 e. The Kier molecular flexibility index (Phi) is 5.58. The molecule has 0 spiro atoms. The minimum absolute atomic E-state index is 0.710. The second kappa shape index (κ2) is 7.21. The number of thiophene rings is 1. The zero-order chi connectivity index (χ0) is 14.5. The fourth-order valence-corrected chi connectivity index (χ4v) is 3.85. The van der Waals surface area contributed by atoms with Crippen LogP contribution in [0.1, 0.15) is 31.2 Å². The molecule has 0 amide bonds. The van der Waals surface area contributed by atoms with Gasteiger partial charge in [-0.1, -0.05) is 39.0 Å². The number of nitrogens with zero attached hydrogens (tertiary/aromatic N) is 1. The first-order valence-corrected chi connectivity index (χ1v) is 8.32. The van der Waals surface area contributed by atoms with Gasteiger partial charge >= 0.3 is 0 Å². The smallest absolute Gasteiger partial charge is 0.0349 e. The fourth-order valence-electron chi connectivity index (χ4n) is 2.66. The predicted molar refractivity (Wildman–Crippen MR) is 90.4 cm³/mol. The molecule has 110 valence electrons. The first-order valence-electron chi connectivity index (χ1n) is 7.50. The summed E-state index contributed by atoms with van der Waals surface area (Å²) in [5.41, 5.74) is 1.51. The molecule has 1 aromatic heterocycles. The van der Waals surface area contributed by atoms with Gasteiger partial charge in [-0.25, -0.2) is 0 Å². The second-order valence-corrected chi connectivity index (χ2v) is 7.01. The lowest BCUT2D eigenvalue weighted by Crippen LogP contribution is -2.23. The summed E-state index contributed by atoms with van der Waals surface area (Å²) in [5.74, 6) is 0.710. The first-order chi connectivity index (χ1) is 9.61. The van der Waals surface area contributed by atoms with E-state index in [2.05, 4.69) is 62.3 Å². The Balaban J connectivity index is 2.27. The van der Waals surface area contributed by atoms with Gasteiger partial charge in [0.15, 0.2) is 0 Å². The molecule has 0 saturated carbocycles. The standard InChI is InChI=1S/C17H26N2S/c1-5-18-10-17-15(12-19(4)11-13(2)3)14-8-6-7-9-16(14)20-17/h6-9,13,18H,5,10-12H2,1-4H3. The van der Waals surface area contributed by atoms with Crippen molar-refractivity contribution >= 4 is 21.4 Å². The molecule has 0 aliphatic rings. The Labute approximate surface area is 126 Å². The Bertz CT molecular complexity index is 545. The lowest BCUT2D eigenvalue weighted by atomic mass is 10.1. The summed E-state index contributed by atoms with van der Waals surface area (Å²) in [4.78, 5) is 3.93. The van der Waals surface area contributed by atoms with Gasteiger partial charge in [0, 0.05) is 29.2 Å². The molecule has 20 heavy (non-hydrogen) atoms. The SMILES string of the molecule is CCNCc1sc2ccccc2c1CN(C)CC(C)C. The minimum atomic E-state index is 0.710. The highest BCUT2D eigenvalue weighted by atomic mass is 32.1. The van der Waals surface area contributed by atoms with Crippen molar-refractivity contribution in [1.82, 2.24) is 10.2 Å². The van der Waals surface area contributed by atoms with Crippen LogP contribution >= 0.6 is 11.3 Å². The van der Waals surface area contributed by atoms with Crippen LogP contribution in [0.15, 0.2) is 24.3 Å². The number of hydrogen-bond acceptors (Lipinski definition) is 3. The second-order valence-electron chi connectivity index (χ2n) is 5.87. The molecule has 2 nitrogen and oxygen atoms in total. The van der Waals surface area contributed by atoms with Gasteiger partial charge in [0.05, 0.1) is 0 Å². The van der Waals surface area contributed by atoms with Gasteiger partial charge in [0.2, 0.25) is 0 Å². The molecule has 0 radical (unpaired) electrons. The van der Waals surface area contributed by atoms with Crippen molar-refractivity contribution in [2.24, 2.45) is 5.92 Å². The molecule has 1 aromatic carbocycles. The van der Waals surface area contributed by atoms with Crippen molar-refractivity contribution in [2.45, 2.75) is 33.9 Å². The lowest BCUT2D eigenvalue weighted by Gasteiger charge is -2.19. The van der Waals surface area contributed by atoms with E-state index >= 15 is 0 Å². The van der Waals surface area contributed by atoms with E-state index in [1.54, 1.807) is 0 Å². The van der Waals surface area contributed by atoms with E-state index in [-0.39, 0.29) is 0 Å². The number of rotatable bonds is 7. The van der Waals surface area contributed by atoms with Gasteiger partial charge in [-0.2, -0.15) is 0 Å². The minimum Gasteiger partial charge on any atom is -0.312 e. The van der Waals surface area contributed by atoms with Gasteiger partial charge in [-0.3, -0.25) is 0 Å². The highest BCUT2D eigenvalue weighted by molar-refractivity contribution is 7.19. The summed E-state index contributed by atoms with van der Waals surface area (Å²) >= 11 is 1.94. The molecule has 2 aromatic rings. The van der Waals surface area contributed by atoms with Crippen LogP contribution < -0.4 is 5.32 Å². The summed E-state index contributed by atoms with van der Waals surface area (Å²) in [7, 11) is 2.23. The molecule has 0 fully saturated rings. The molecule has 0 saturated heterocycles. The highest BCUT2D eigenvalue weighted by Crippen LogP contribution is 2.32. The van der Waals surface area contributed by atoms with E-state index < -0.39 is 0 Å². The Morgan fingerprint density at radius 3 is 2.70 bits per heavy atom. The summed E-state index contributed by atoms with van der Waals surface area (Å²) in [6.07, 6.45) is 0. The highest BCUT2D eigenvalue weighted by Gasteiger charge is 2.13. The first kappa shape index (κ1) is 15.5. The molecule has 1 N–H and O–H groups in total. The van der Waals surface area contributed by atoms with E-state index in [9.17, 15) is 0 Å². The molecule has 2 rings (SSSR count). The van der Waals surface area contributed by atoms with Crippen LogP contribution in [0.3, 0.4) is 0 Å². The monoisotopic (exact) mass is 290 g/mol. The van der Waals surface area contributed by atoms with Crippen LogP contribution in [0.2, 0.25) is 0 Å². The van der Waals surface area contributed by atoms with E-state index in [1.165, 1.54) is 20.5 Å². The third-order valence-corrected chi connectivity index (χ3v) is 4.64. The van der Waals surface area contributed by atoms with Gasteiger partial charge in [0.1, 0.15) is 0 Å². The Morgan fingerprint density at radius 1 is 1.25 bits per heavy atom. The van der Waals surface area contributed by atoms with Crippen LogP contribution in [0.4, 0.5) is 0 Å². The van der Waals surface area contributed by atoms with Crippen molar-refractivity contribution < 1.29 is 0 Å². The summed E-state index contributed by atoms with van der Waals surface area (Å²) in [6.45, 7) is 10.9. The van der Waals surface area contributed by atoms with Gasteiger partial charge in [0.25, 0.3) is 0 Å². The normalized spacial score (nSPS) is 11.9. The molecule has 1 heterocycles. The number of fused-ring (bicyclic) bond motifs is 1. The Morgan fingerprint density at radius 2 is 2.00 bits per heavy atom. The predicted octanol–water partition coefficient (Wildman–Crippen LogP) is 4.10. The van der Waals surface area contributed by atoms with Crippen molar-refractivity contribution in [3.8, 4) is 0 Å². The molecule has 3 heteroatoms. The maximum atomic E-state index is 3.47. The van der Waals surface area contributed by atoms with Crippen molar-refractivity contribution in [1.29, 1.82) is 0 Å². The molecule has 0 aliphatic heterocycles. The molecule has 0 unspecified atom stereocenters. The summed E-state index contributed by atoms with van der Waals surface area (Å²) in [5, 5.41) is 4.90. The average molecular weight is 290 g/mol. The fraction of sp³-hybridized carbons (Fsp3) is 0.529. The molecule has 0 atom stereocenters.